The second-order valence-corrected chi connectivity index (χ2v) is 4.75. The van der Waals surface area contributed by atoms with Crippen LogP contribution in [0, 0.1) is 22.5 Å². The van der Waals surface area contributed by atoms with Gasteiger partial charge in [0.1, 0.15) is 0 Å². The maximum absolute atomic E-state index is 10.9. The van der Waals surface area contributed by atoms with Crippen molar-refractivity contribution in [1.29, 1.82) is 0 Å². The SMILES string of the molecule is COc1ccc(/C=C\C2CC[CH-]CC2)cc1[N+](=O)[O-].[Nb].[Nb]. The van der Waals surface area contributed by atoms with Gasteiger partial charge in [-0.15, -0.1) is 0 Å². The molecule has 21 heavy (non-hydrogen) atoms. The number of nitrogens with zero attached hydrogens (tertiary/aromatic N) is 1. The van der Waals surface area contributed by atoms with Crippen molar-refractivity contribution in [1.82, 2.24) is 0 Å². The molecule has 1 aromatic rings. The van der Waals surface area contributed by atoms with E-state index in [-0.39, 0.29) is 50.4 Å². The van der Waals surface area contributed by atoms with E-state index in [9.17, 15) is 10.1 Å². The molecule has 0 unspecified atom stereocenters. The fraction of sp³-hybridized carbons (Fsp3) is 0.400. The van der Waals surface area contributed by atoms with Crippen molar-refractivity contribution >= 4 is 11.8 Å². The summed E-state index contributed by atoms with van der Waals surface area (Å²) in [6.07, 6.45) is 11.1. The van der Waals surface area contributed by atoms with Crippen LogP contribution in [0.3, 0.4) is 0 Å². The first kappa shape index (κ1) is 20.6. The molecular formula is C15H18NNb2O3-. The summed E-state index contributed by atoms with van der Waals surface area (Å²) in [6, 6.07) is 5.05. The number of benzene rings is 1. The summed E-state index contributed by atoms with van der Waals surface area (Å²) in [5.74, 6) is 0.889. The molecule has 0 saturated heterocycles. The van der Waals surface area contributed by atoms with Crippen LogP contribution in [0.4, 0.5) is 5.69 Å². The number of hydrogen-bond acceptors (Lipinski definition) is 3. The summed E-state index contributed by atoms with van der Waals surface area (Å²) in [5, 5.41) is 10.9. The molecule has 1 fully saturated rings. The Morgan fingerprint density at radius 3 is 2.57 bits per heavy atom. The molecule has 0 amide bonds. The third-order valence-electron chi connectivity index (χ3n) is 3.44. The maximum Gasteiger partial charge on any atom is 0.311 e. The average molecular weight is 446 g/mol. The minimum atomic E-state index is -0.411. The van der Waals surface area contributed by atoms with Crippen LogP contribution in [-0.4, -0.2) is 12.0 Å². The van der Waals surface area contributed by atoms with E-state index in [4.69, 9.17) is 4.74 Å². The Balaban J connectivity index is 0.00000200. The van der Waals surface area contributed by atoms with Crippen molar-refractivity contribution in [2.24, 2.45) is 5.92 Å². The molecule has 2 rings (SSSR count). The van der Waals surface area contributed by atoms with Crippen molar-refractivity contribution in [2.75, 3.05) is 7.11 Å². The van der Waals surface area contributed by atoms with E-state index in [1.165, 1.54) is 20.0 Å². The molecule has 0 atom stereocenters. The van der Waals surface area contributed by atoms with Gasteiger partial charge in [-0.1, -0.05) is 31.1 Å². The Kier molecular flexibility index (Phi) is 10.2. The molecule has 112 valence electrons. The number of allylic oxidation sites excluding steroid dienone is 1. The number of rotatable bonds is 4. The summed E-state index contributed by atoms with van der Waals surface area (Å²) in [4.78, 5) is 10.5. The van der Waals surface area contributed by atoms with Gasteiger partial charge < -0.3 is 11.2 Å². The molecule has 0 spiro atoms. The Morgan fingerprint density at radius 1 is 1.33 bits per heavy atom. The van der Waals surface area contributed by atoms with Gasteiger partial charge in [-0.25, -0.2) is 0 Å². The fourth-order valence-electron chi connectivity index (χ4n) is 2.35. The molecule has 4 nitrogen and oxygen atoms in total. The van der Waals surface area contributed by atoms with Gasteiger partial charge >= 0.3 is 5.69 Å². The van der Waals surface area contributed by atoms with Crippen LogP contribution in [0.25, 0.3) is 6.08 Å². The van der Waals surface area contributed by atoms with Crippen molar-refractivity contribution in [2.45, 2.75) is 25.7 Å². The monoisotopic (exact) mass is 446 g/mol. The predicted molar refractivity (Wildman–Crippen MR) is 74.9 cm³/mol. The molecule has 2 radical (unpaired) electrons. The van der Waals surface area contributed by atoms with E-state index < -0.39 is 4.92 Å². The maximum atomic E-state index is 10.9. The number of nitro benzene ring substituents is 1. The summed E-state index contributed by atoms with van der Waals surface area (Å²) in [6.45, 7) is 0. The van der Waals surface area contributed by atoms with Crippen LogP contribution >= 0.6 is 0 Å². The standard InChI is InChI=1S/C15H18NO3.2Nb/c1-19-15-10-9-13(11-14(15)16(17)18)8-7-12-5-3-2-4-6-12;;/h2,7-12H,3-6H2,1H3;;/q-1;;/b8-7-;;. The summed E-state index contributed by atoms with van der Waals surface area (Å²) >= 11 is 0. The molecule has 0 aromatic heterocycles. The number of nitro groups is 1. The van der Waals surface area contributed by atoms with Gasteiger partial charge in [-0.2, -0.15) is 12.8 Å². The predicted octanol–water partition coefficient (Wildman–Crippen LogP) is 4.01. The van der Waals surface area contributed by atoms with Crippen LogP contribution in [0.2, 0.25) is 0 Å². The molecule has 1 aromatic carbocycles. The van der Waals surface area contributed by atoms with Gasteiger partial charge in [-0.3, -0.25) is 10.1 Å². The van der Waals surface area contributed by atoms with Crippen molar-refractivity contribution in [3.05, 3.63) is 46.4 Å². The van der Waals surface area contributed by atoms with E-state index in [0.717, 1.165) is 18.4 Å². The van der Waals surface area contributed by atoms with E-state index in [2.05, 4.69) is 12.5 Å². The van der Waals surface area contributed by atoms with Gasteiger partial charge in [-0.05, 0) is 17.5 Å². The molecule has 0 aliphatic heterocycles. The molecule has 1 aliphatic carbocycles. The summed E-state index contributed by atoms with van der Waals surface area (Å²) in [7, 11) is 1.44. The summed E-state index contributed by atoms with van der Waals surface area (Å²) in [5.41, 5.74) is 0.865. The summed E-state index contributed by atoms with van der Waals surface area (Å²) < 4.78 is 4.99. The Bertz CT molecular complexity index is 486. The molecule has 6 heteroatoms. The van der Waals surface area contributed by atoms with Crippen LogP contribution < -0.4 is 4.74 Å². The topological polar surface area (TPSA) is 52.4 Å². The minimum Gasteiger partial charge on any atom is -0.490 e. The zero-order valence-electron chi connectivity index (χ0n) is 11.9. The van der Waals surface area contributed by atoms with Crippen LogP contribution in [-0.2, 0) is 44.8 Å². The van der Waals surface area contributed by atoms with E-state index in [1.54, 1.807) is 12.1 Å². The molecular weight excluding hydrogens is 428 g/mol. The zero-order valence-corrected chi connectivity index (χ0v) is 16.3. The van der Waals surface area contributed by atoms with Gasteiger partial charge in [0.05, 0.1) is 12.0 Å². The Morgan fingerprint density at radius 2 is 2.00 bits per heavy atom. The normalized spacial score (nSPS) is 15.1. The Labute approximate surface area is 156 Å². The largest absolute Gasteiger partial charge is 0.490 e. The quantitative estimate of drug-likeness (QED) is 0.304. The van der Waals surface area contributed by atoms with Crippen molar-refractivity contribution in [3.8, 4) is 5.75 Å². The van der Waals surface area contributed by atoms with Gasteiger partial charge in [0.25, 0.3) is 0 Å². The first-order valence-corrected chi connectivity index (χ1v) is 6.53. The molecule has 0 bridgehead atoms. The van der Waals surface area contributed by atoms with Crippen LogP contribution in [0.15, 0.2) is 24.3 Å². The first-order chi connectivity index (χ1) is 9.20. The third-order valence-corrected chi connectivity index (χ3v) is 3.44. The molecule has 1 aliphatic rings. The average Bonchev–Trinajstić information content (AvgIpc) is 2.46. The first-order valence-electron chi connectivity index (χ1n) is 6.53. The van der Waals surface area contributed by atoms with Crippen LogP contribution in [0.1, 0.15) is 31.2 Å². The fourth-order valence-corrected chi connectivity index (χ4v) is 2.35. The third kappa shape index (κ3) is 6.11. The number of hydrogen-bond donors (Lipinski definition) is 0. The molecule has 0 N–H and O–H groups in total. The number of ether oxygens (including phenoxy) is 1. The molecule has 1 saturated carbocycles. The van der Waals surface area contributed by atoms with Crippen molar-refractivity contribution in [3.63, 3.8) is 0 Å². The van der Waals surface area contributed by atoms with Gasteiger partial charge in [0, 0.05) is 50.8 Å². The molecule has 0 heterocycles. The van der Waals surface area contributed by atoms with Gasteiger partial charge in [0.2, 0.25) is 0 Å². The van der Waals surface area contributed by atoms with E-state index >= 15 is 0 Å². The second kappa shape index (κ2) is 10.4. The minimum absolute atomic E-state index is 0. The Hall–Kier alpha value is -0.359. The van der Waals surface area contributed by atoms with Crippen LogP contribution in [0.5, 0.6) is 5.75 Å². The second-order valence-electron chi connectivity index (χ2n) is 4.75. The van der Waals surface area contributed by atoms with E-state index in [0.29, 0.717) is 11.7 Å². The number of methoxy groups -OCH3 is 1. The smallest absolute Gasteiger partial charge is 0.311 e. The van der Waals surface area contributed by atoms with Crippen molar-refractivity contribution < 1.29 is 54.4 Å². The zero-order chi connectivity index (χ0) is 13.7. The van der Waals surface area contributed by atoms with Gasteiger partial charge in [0.15, 0.2) is 5.75 Å². The van der Waals surface area contributed by atoms with E-state index in [1.807, 2.05) is 12.1 Å².